The Bertz CT molecular complexity index is 176. The molecular formula is C12H25NO2. The lowest BCUT2D eigenvalue weighted by Gasteiger charge is -2.22. The molecule has 90 valence electrons. The van der Waals surface area contributed by atoms with E-state index in [0.717, 1.165) is 19.4 Å². The first-order valence-corrected chi connectivity index (χ1v) is 5.87. The van der Waals surface area contributed by atoms with Crippen molar-refractivity contribution in [2.24, 2.45) is 11.8 Å². The minimum Gasteiger partial charge on any atom is -0.468 e. The number of hydrogen-bond acceptors (Lipinski definition) is 3. The van der Waals surface area contributed by atoms with Crippen molar-refractivity contribution in [1.82, 2.24) is 5.32 Å². The van der Waals surface area contributed by atoms with E-state index >= 15 is 0 Å². The molecule has 0 spiro atoms. The fourth-order valence-corrected chi connectivity index (χ4v) is 1.59. The number of carbonyl (C=O) groups excluding carboxylic acids is 1. The minimum absolute atomic E-state index is 0.157. The summed E-state index contributed by atoms with van der Waals surface area (Å²) in [6.07, 6.45) is 2.30. The molecule has 0 rings (SSSR count). The van der Waals surface area contributed by atoms with Gasteiger partial charge in [0.2, 0.25) is 0 Å². The first-order valence-electron chi connectivity index (χ1n) is 5.87. The zero-order valence-electron chi connectivity index (χ0n) is 10.7. The maximum Gasteiger partial charge on any atom is 0.323 e. The molecule has 0 saturated heterocycles. The lowest BCUT2D eigenvalue weighted by Crippen LogP contribution is -2.43. The van der Waals surface area contributed by atoms with Gasteiger partial charge in [0.05, 0.1) is 7.11 Å². The molecule has 0 saturated carbocycles. The van der Waals surface area contributed by atoms with Crippen LogP contribution in [0.1, 0.15) is 40.5 Å². The number of ether oxygens (including phenoxy) is 1. The van der Waals surface area contributed by atoms with Gasteiger partial charge in [-0.05, 0) is 18.4 Å². The van der Waals surface area contributed by atoms with Gasteiger partial charge < -0.3 is 10.1 Å². The van der Waals surface area contributed by atoms with Gasteiger partial charge in [-0.1, -0.05) is 40.5 Å². The smallest absolute Gasteiger partial charge is 0.323 e. The number of esters is 1. The maximum absolute atomic E-state index is 11.5. The van der Waals surface area contributed by atoms with Crippen LogP contribution in [0.15, 0.2) is 0 Å². The third-order valence-electron chi connectivity index (χ3n) is 2.90. The second-order valence-electron chi connectivity index (χ2n) is 4.34. The highest BCUT2D eigenvalue weighted by Crippen LogP contribution is 2.09. The number of methoxy groups -OCH3 is 1. The Labute approximate surface area is 93.6 Å². The topological polar surface area (TPSA) is 38.3 Å². The van der Waals surface area contributed by atoms with E-state index in [1.165, 1.54) is 7.11 Å². The Morgan fingerprint density at radius 3 is 2.13 bits per heavy atom. The van der Waals surface area contributed by atoms with Crippen molar-refractivity contribution in [2.75, 3.05) is 13.7 Å². The summed E-state index contributed by atoms with van der Waals surface area (Å²) in [5, 5.41) is 3.30. The zero-order chi connectivity index (χ0) is 11.8. The predicted octanol–water partition coefficient (Wildman–Crippen LogP) is 2.21. The second kappa shape index (κ2) is 7.69. The monoisotopic (exact) mass is 215 g/mol. The normalized spacial score (nSPS) is 13.3. The van der Waals surface area contributed by atoms with Crippen LogP contribution in [0.5, 0.6) is 0 Å². The van der Waals surface area contributed by atoms with Gasteiger partial charge in [0.15, 0.2) is 0 Å². The molecule has 3 heteroatoms. The first kappa shape index (κ1) is 14.4. The van der Waals surface area contributed by atoms with Crippen molar-refractivity contribution in [3.63, 3.8) is 0 Å². The van der Waals surface area contributed by atoms with Gasteiger partial charge in [-0.2, -0.15) is 0 Å². The summed E-state index contributed by atoms with van der Waals surface area (Å²) in [7, 11) is 1.44. The lowest BCUT2D eigenvalue weighted by atomic mass is 10.0. The minimum atomic E-state index is -0.171. The molecule has 0 aromatic heterocycles. The van der Waals surface area contributed by atoms with Crippen molar-refractivity contribution >= 4 is 5.97 Å². The maximum atomic E-state index is 11.5. The molecule has 0 heterocycles. The average molecular weight is 215 g/mol. The molecule has 0 unspecified atom stereocenters. The summed E-state index contributed by atoms with van der Waals surface area (Å²) in [4.78, 5) is 11.5. The van der Waals surface area contributed by atoms with E-state index in [0.29, 0.717) is 5.92 Å². The molecule has 0 bridgehead atoms. The third-order valence-corrected chi connectivity index (χ3v) is 2.90. The average Bonchev–Trinajstić information content (AvgIpc) is 2.23. The van der Waals surface area contributed by atoms with Crippen LogP contribution in [0.25, 0.3) is 0 Å². The quantitative estimate of drug-likeness (QED) is 0.662. The summed E-state index contributed by atoms with van der Waals surface area (Å²) >= 11 is 0. The highest BCUT2D eigenvalue weighted by atomic mass is 16.5. The van der Waals surface area contributed by atoms with Gasteiger partial charge in [0.1, 0.15) is 6.04 Å². The van der Waals surface area contributed by atoms with Crippen molar-refractivity contribution < 1.29 is 9.53 Å². The standard InChI is InChI=1S/C12H25NO2/c1-6-10(7-2)8-13-11(9(3)4)12(14)15-5/h9-11,13H,6-8H2,1-5H3/t11-/m0/s1. The van der Waals surface area contributed by atoms with Crippen LogP contribution in [0, 0.1) is 11.8 Å². The van der Waals surface area contributed by atoms with Crippen molar-refractivity contribution in [3.8, 4) is 0 Å². The molecule has 0 fully saturated rings. The Morgan fingerprint density at radius 2 is 1.80 bits per heavy atom. The van der Waals surface area contributed by atoms with Crippen LogP contribution in [0.3, 0.4) is 0 Å². The fraction of sp³-hybridized carbons (Fsp3) is 0.917. The molecule has 0 aliphatic carbocycles. The summed E-state index contributed by atoms with van der Waals surface area (Å²) in [5.74, 6) is 0.763. The number of hydrogen-bond donors (Lipinski definition) is 1. The van der Waals surface area contributed by atoms with Gasteiger partial charge in [-0.15, -0.1) is 0 Å². The number of carbonyl (C=O) groups is 1. The summed E-state index contributed by atoms with van der Waals surface area (Å²) in [6.45, 7) is 9.31. The van der Waals surface area contributed by atoms with Gasteiger partial charge in [0.25, 0.3) is 0 Å². The Balaban J connectivity index is 4.12. The SMILES string of the molecule is CCC(CC)CN[C@H](C(=O)OC)C(C)C. The van der Waals surface area contributed by atoms with Crippen LogP contribution in [-0.2, 0) is 9.53 Å². The van der Waals surface area contributed by atoms with Crippen LogP contribution in [0.4, 0.5) is 0 Å². The Morgan fingerprint density at radius 1 is 1.27 bits per heavy atom. The van der Waals surface area contributed by atoms with E-state index in [1.54, 1.807) is 0 Å². The van der Waals surface area contributed by atoms with Gasteiger partial charge in [0, 0.05) is 0 Å². The molecule has 0 aromatic carbocycles. The lowest BCUT2D eigenvalue weighted by molar-refractivity contribution is -0.144. The predicted molar refractivity (Wildman–Crippen MR) is 62.7 cm³/mol. The Kier molecular flexibility index (Phi) is 7.39. The number of nitrogens with one attached hydrogen (secondary N) is 1. The molecule has 3 nitrogen and oxygen atoms in total. The van der Waals surface area contributed by atoms with Crippen molar-refractivity contribution in [1.29, 1.82) is 0 Å². The van der Waals surface area contributed by atoms with Gasteiger partial charge in [-0.25, -0.2) is 0 Å². The highest BCUT2D eigenvalue weighted by molar-refractivity contribution is 5.75. The molecule has 1 atom stereocenters. The van der Waals surface area contributed by atoms with E-state index in [9.17, 15) is 4.79 Å². The van der Waals surface area contributed by atoms with Crippen LogP contribution >= 0.6 is 0 Å². The molecule has 0 aliphatic heterocycles. The molecule has 0 aliphatic rings. The highest BCUT2D eigenvalue weighted by Gasteiger charge is 2.22. The molecular weight excluding hydrogens is 190 g/mol. The summed E-state index contributed by atoms with van der Waals surface area (Å²) in [6, 6.07) is -0.171. The third kappa shape index (κ3) is 5.17. The second-order valence-corrected chi connectivity index (χ2v) is 4.34. The molecule has 0 aromatic rings. The Hall–Kier alpha value is -0.570. The summed E-state index contributed by atoms with van der Waals surface area (Å²) in [5.41, 5.74) is 0. The van der Waals surface area contributed by atoms with Crippen LogP contribution in [0.2, 0.25) is 0 Å². The van der Waals surface area contributed by atoms with Crippen molar-refractivity contribution in [3.05, 3.63) is 0 Å². The van der Waals surface area contributed by atoms with Gasteiger partial charge >= 0.3 is 5.97 Å². The fourth-order valence-electron chi connectivity index (χ4n) is 1.59. The van der Waals surface area contributed by atoms with Gasteiger partial charge in [-0.3, -0.25) is 4.79 Å². The van der Waals surface area contributed by atoms with E-state index < -0.39 is 0 Å². The number of rotatable bonds is 7. The molecule has 0 radical (unpaired) electrons. The van der Waals surface area contributed by atoms with E-state index in [4.69, 9.17) is 4.74 Å². The van der Waals surface area contributed by atoms with E-state index in [1.807, 2.05) is 13.8 Å². The zero-order valence-corrected chi connectivity index (χ0v) is 10.7. The van der Waals surface area contributed by atoms with Crippen LogP contribution < -0.4 is 5.32 Å². The van der Waals surface area contributed by atoms with E-state index in [-0.39, 0.29) is 17.9 Å². The van der Waals surface area contributed by atoms with Crippen molar-refractivity contribution in [2.45, 2.75) is 46.6 Å². The first-order chi connectivity index (χ1) is 7.06. The van der Waals surface area contributed by atoms with E-state index in [2.05, 4.69) is 19.2 Å². The molecule has 0 amide bonds. The van der Waals surface area contributed by atoms with Crippen LogP contribution in [-0.4, -0.2) is 25.7 Å². The molecule has 15 heavy (non-hydrogen) atoms. The largest absolute Gasteiger partial charge is 0.468 e. The molecule has 1 N–H and O–H groups in total. The summed E-state index contributed by atoms with van der Waals surface area (Å²) < 4.78 is 4.77.